The number of esters is 1. The van der Waals surface area contributed by atoms with Crippen molar-refractivity contribution in [3.05, 3.63) is 34.9 Å². The molecule has 0 fully saturated rings. The van der Waals surface area contributed by atoms with Crippen molar-refractivity contribution in [2.75, 3.05) is 0 Å². The van der Waals surface area contributed by atoms with Gasteiger partial charge in [0.2, 0.25) is 0 Å². The third-order valence-electron chi connectivity index (χ3n) is 4.20. The minimum Gasteiger partial charge on any atom is -0.504 e. The first kappa shape index (κ1) is 11.3. The molecule has 0 saturated carbocycles. The molecule has 94 valence electrons. The number of phenolic OH excluding ortho intramolecular Hbond substituents is 1. The number of phenols is 1. The van der Waals surface area contributed by atoms with Crippen LogP contribution in [0.25, 0.3) is 0 Å². The summed E-state index contributed by atoms with van der Waals surface area (Å²) in [4.78, 5) is 12.0. The van der Waals surface area contributed by atoms with E-state index in [-0.39, 0.29) is 23.6 Å². The molecule has 0 unspecified atom stereocenters. The van der Waals surface area contributed by atoms with E-state index in [0.29, 0.717) is 5.75 Å². The van der Waals surface area contributed by atoms with Crippen molar-refractivity contribution in [2.24, 2.45) is 5.92 Å². The Balaban J connectivity index is 2.12. The first-order chi connectivity index (χ1) is 8.58. The maximum atomic E-state index is 12.0. The van der Waals surface area contributed by atoms with Crippen LogP contribution in [0.3, 0.4) is 0 Å². The quantitative estimate of drug-likeness (QED) is 0.433. The van der Waals surface area contributed by atoms with Crippen LogP contribution in [0.1, 0.15) is 38.2 Å². The Morgan fingerprint density at radius 3 is 2.56 bits per heavy atom. The third-order valence-corrected chi connectivity index (χ3v) is 4.20. The maximum Gasteiger partial charge on any atom is 0.315 e. The Hall–Kier alpha value is -1.77. The second kappa shape index (κ2) is 3.87. The van der Waals surface area contributed by atoms with Crippen LogP contribution < -0.4 is 4.74 Å². The molecule has 0 saturated heterocycles. The van der Waals surface area contributed by atoms with Crippen molar-refractivity contribution in [3.63, 3.8) is 0 Å². The lowest BCUT2D eigenvalue weighted by Crippen LogP contribution is -2.34. The molecule has 2 atom stereocenters. The number of hydrogen-bond donors (Lipinski definition) is 1. The summed E-state index contributed by atoms with van der Waals surface area (Å²) < 4.78 is 5.30. The topological polar surface area (TPSA) is 46.5 Å². The van der Waals surface area contributed by atoms with Gasteiger partial charge in [-0.05, 0) is 32.8 Å². The van der Waals surface area contributed by atoms with E-state index in [9.17, 15) is 9.90 Å². The van der Waals surface area contributed by atoms with Crippen LogP contribution in [0.15, 0.2) is 29.3 Å². The minimum absolute atomic E-state index is 0.0585. The van der Waals surface area contributed by atoms with E-state index in [1.165, 1.54) is 11.1 Å². The fourth-order valence-electron chi connectivity index (χ4n) is 2.99. The average Bonchev–Trinajstić information content (AvgIpc) is 2.33. The fourth-order valence-corrected chi connectivity index (χ4v) is 2.99. The van der Waals surface area contributed by atoms with Gasteiger partial charge in [0.25, 0.3) is 0 Å². The fraction of sp³-hybridized carbons (Fsp3) is 0.400. The van der Waals surface area contributed by atoms with Crippen LogP contribution >= 0.6 is 0 Å². The van der Waals surface area contributed by atoms with Gasteiger partial charge in [-0.15, -0.1) is 0 Å². The summed E-state index contributed by atoms with van der Waals surface area (Å²) in [6.07, 6.45) is 1.65. The van der Waals surface area contributed by atoms with E-state index in [2.05, 4.69) is 13.8 Å². The summed E-state index contributed by atoms with van der Waals surface area (Å²) in [5.74, 6) is 0.264. The van der Waals surface area contributed by atoms with Crippen LogP contribution in [-0.4, -0.2) is 11.1 Å². The summed E-state index contributed by atoms with van der Waals surface area (Å²) in [6, 6.07) is 5.32. The summed E-state index contributed by atoms with van der Waals surface area (Å²) >= 11 is 0. The highest BCUT2D eigenvalue weighted by molar-refractivity contribution is 5.81. The highest BCUT2D eigenvalue weighted by atomic mass is 16.5. The number of para-hydroxylation sites is 1. The normalized spacial score (nSPS) is 26.4. The molecule has 1 aromatic carbocycles. The lowest BCUT2D eigenvalue weighted by atomic mass is 9.72. The Kier molecular flexibility index (Phi) is 2.44. The smallest absolute Gasteiger partial charge is 0.315 e. The van der Waals surface area contributed by atoms with Crippen molar-refractivity contribution in [3.8, 4) is 11.5 Å². The van der Waals surface area contributed by atoms with Gasteiger partial charge in [0.1, 0.15) is 0 Å². The van der Waals surface area contributed by atoms with Crippen LogP contribution in [0.5, 0.6) is 11.5 Å². The van der Waals surface area contributed by atoms with Crippen molar-refractivity contribution >= 4 is 5.97 Å². The molecule has 0 bridgehead atoms. The number of rotatable bonds is 0. The summed E-state index contributed by atoms with van der Waals surface area (Å²) in [5.41, 5.74) is 3.60. The highest BCUT2D eigenvalue weighted by Gasteiger charge is 2.41. The summed E-state index contributed by atoms with van der Waals surface area (Å²) in [7, 11) is 0. The van der Waals surface area contributed by atoms with Crippen LogP contribution in [0.4, 0.5) is 0 Å². The number of carbonyl (C=O) groups is 1. The second-order valence-corrected chi connectivity index (χ2v) is 5.30. The van der Waals surface area contributed by atoms with E-state index < -0.39 is 0 Å². The minimum atomic E-state index is -0.208. The van der Waals surface area contributed by atoms with Crippen molar-refractivity contribution < 1.29 is 14.6 Å². The van der Waals surface area contributed by atoms with Crippen LogP contribution in [0, 0.1) is 5.92 Å². The predicted molar refractivity (Wildman–Crippen MR) is 67.6 cm³/mol. The van der Waals surface area contributed by atoms with E-state index in [0.717, 1.165) is 18.4 Å². The van der Waals surface area contributed by atoms with E-state index >= 15 is 0 Å². The SMILES string of the molecule is CC1=C(C)C[C@H]2c3cccc(O)c3OC(=O)[C@@H]2C1. The van der Waals surface area contributed by atoms with Crippen molar-refractivity contribution in [2.45, 2.75) is 32.6 Å². The molecule has 1 aromatic rings. The number of ether oxygens (including phenoxy) is 1. The Labute approximate surface area is 106 Å². The molecule has 2 aliphatic rings. The molecule has 0 amide bonds. The summed E-state index contributed by atoms with van der Waals surface area (Å²) in [5, 5.41) is 9.79. The molecule has 1 heterocycles. The molecule has 3 nitrogen and oxygen atoms in total. The zero-order chi connectivity index (χ0) is 12.9. The predicted octanol–water partition coefficient (Wildman–Crippen LogP) is 3.14. The van der Waals surface area contributed by atoms with Crippen molar-refractivity contribution in [1.82, 2.24) is 0 Å². The number of fused-ring (bicyclic) bond motifs is 3. The van der Waals surface area contributed by atoms with Gasteiger partial charge in [-0.1, -0.05) is 23.3 Å². The molecule has 1 aliphatic heterocycles. The molecule has 3 heteroatoms. The Morgan fingerprint density at radius 2 is 1.83 bits per heavy atom. The molecule has 0 spiro atoms. The van der Waals surface area contributed by atoms with Gasteiger partial charge < -0.3 is 9.84 Å². The number of allylic oxidation sites excluding steroid dienone is 2. The van der Waals surface area contributed by atoms with Gasteiger partial charge in [-0.25, -0.2) is 0 Å². The highest BCUT2D eigenvalue weighted by Crippen LogP contribution is 2.49. The van der Waals surface area contributed by atoms with E-state index in [1.54, 1.807) is 6.07 Å². The summed E-state index contributed by atoms with van der Waals surface area (Å²) in [6.45, 7) is 4.20. The molecular weight excluding hydrogens is 228 g/mol. The van der Waals surface area contributed by atoms with Gasteiger partial charge in [0, 0.05) is 11.5 Å². The monoisotopic (exact) mass is 244 g/mol. The molecule has 0 aromatic heterocycles. The Morgan fingerprint density at radius 1 is 1.17 bits per heavy atom. The molecule has 3 rings (SSSR count). The average molecular weight is 244 g/mol. The Bertz CT molecular complexity index is 557. The molecule has 1 aliphatic carbocycles. The zero-order valence-corrected chi connectivity index (χ0v) is 10.6. The maximum absolute atomic E-state index is 12.0. The largest absolute Gasteiger partial charge is 0.504 e. The third kappa shape index (κ3) is 1.54. The van der Waals surface area contributed by atoms with Crippen LogP contribution in [0.2, 0.25) is 0 Å². The van der Waals surface area contributed by atoms with Gasteiger partial charge in [0.05, 0.1) is 5.92 Å². The molecule has 18 heavy (non-hydrogen) atoms. The number of hydrogen-bond acceptors (Lipinski definition) is 3. The van der Waals surface area contributed by atoms with E-state index in [4.69, 9.17) is 4.74 Å². The standard InChI is InChI=1S/C15H16O3/c1-8-6-11-10-4-3-5-13(16)14(10)18-15(17)12(11)7-9(8)2/h3-5,11-12,16H,6-7H2,1-2H3/t11-,12+/m0/s1. The van der Waals surface area contributed by atoms with Gasteiger partial charge in [0.15, 0.2) is 11.5 Å². The van der Waals surface area contributed by atoms with Crippen LogP contribution in [-0.2, 0) is 4.79 Å². The van der Waals surface area contributed by atoms with Gasteiger partial charge >= 0.3 is 5.97 Å². The lowest BCUT2D eigenvalue weighted by molar-refractivity contribution is -0.141. The molecular formula is C15H16O3. The number of aromatic hydroxyl groups is 1. The zero-order valence-electron chi connectivity index (χ0n) is 10.6. The van der Waals surface area contributed by atoms with Gasteiger partial charge in [-0.3, -0.25) is 4.79 Å². The van der Waals surface area contributed by atoms with Gasteiger partial charge in [-0.2, -0.15) is 0 Å². The number of benzene rings is 1. The van der Waals surface area contributed by atoms with E-state index in [1.807, 2.05) is 12.1 Å². The van der Waals surface area contributed by atoms with Crippen molar-refractivity contribution in [1.29, 1.82) is 0 Å². The molecule has 1 N–H and O–H groups in total. The first-order valence-corrected chi connectivity index (χ1v) is 6.26. The first-order valence-electron chi connectivity index (χ1n) is 6.26. The molecule has 0 radical (unpaired) electrons. The number of carbonyl (C=O) groups excluding carboxylic acids is 1. The lowest BCUT2D eigenvalue weighted by Gasteiger charge is -2.36. The second-order valence-electron chi connectivity index (χ2n) is 5.30.